The average molecular weight is 323 g/mol. The summed E-state index contributed by atoms with van der Waals surface area (Å²) in [5, 5.41) is 13.6. The Morgan fingerprint density at radius 3 is 2.09 bits per heavy atom. The minimum Gasteiger partial charge on any atom is -0.222 e. The number of benzene rings is 2. The van der Waals surface area contributed by atoms with Crippen LogP contribution in [0.1, 0.15) is 5.69 Å². The van der Waals surface area contributed by atoms with Crippen LogP contribution < -0.4 is 0 Å². The molecule has 0 saturated carbocycles. The molecule has 1 aromatic heterocycles. The van der Waals surface area contributed by atoms with Crippen molar-refractivity contribution < 1.29 is 8.42 Å². The molecule has 1 heterocycles. The molecular weight excluding hydrogens is 310 g/mol. The Morgan fingerprint density at radius 2 is 1.57 bits per heavy atom. The zero-order chi connectivity index (χ0) is 16.4. The molecule has 0 amide bonds. The highest BCUT2D eigenvalue weighted by Crippen LogP contribution is 2.32. The van der Waals surface area contributed by atoms with Crippen LogP contribution in [0.2, 0.25) is 0 Å². The Balaban J connectivity index is 2.41. The van der Waals surface area contributed by atoms with E-state index in [1.165, 1.54) is 4.68 Å². The van der Waals surface area contributed by atoms with Gasteiger partial charge in [0.1, 0.15) is 6.07 Å². The quantitative estimate of drug-likeness (QED) is 0.742. The summed E-state index contributed by atoms with van der Waals surface area (Å²) >= 11 is 0. The second-order valence-electron chi connectivity index (χ2n) is 5.03. The first kappa shape index (κ1) is 15.0. The van der Waals surface area contributed by atoms with Gasteiger partial charge in [0.2, 0.25) is 0 Å². The molecule has 3 aromatic rings. The van der Waals surface area contributed by atoms with Crippen molar-refractivity contribution in [3.8, 4) is 22.9 Å². The molecule has 0 unspecified atom stereocenters. The Kier molecular flexibility index (Phi) is 3.72. The van der Waals surface area contributed by atoms with E-state index in [1.54, 1.807) is 48.5 Å². The van der Waals surface area contributed by atoms with Crippen LogP contribution in [0.5, 0.6) is 0 Å². The highest BCUT2D eigenvalue weighted by molar-refractivity contribution is 7.90. The third-order valence-electron chi connectivity index (χ3n) is 3.36. The maximum Gasteiger partial charge on any atom is 0.193 e. The second kappa shape index (κ2) is 5.71. The van der Waals surface area contributed by atoms with Crippen LogP contribution in [0.15, 0.2) is 65.7 Å². The van der Waals surface area contributed by atoms with Gasteiger partial charge in [0.25, 0.3) is 0 Å². The van der Waals surface area contributed by atoms with Gasteiger partial charge in [-0.15, -0.1) is 0 Å². The van der Waals surface area contributed by atoms with Crippen LogP contribution in [0, 0.1) is 11.3 Å². The summed E-state index contributed by atoms with van der Waals surface area (Å²) in [6.45, 7) is 0. The monoisotopic (exact) mass is 323 g/mol. The Morgan fingerprint density at radius 1 is 1.00 bits per heavy atom. The molecule has 23 heavy (non-hydrogen) atoms. The Hall–Kier alpha value is -2.91. The number of hydrogen-bond acceptors (Lipinski definition) is 4. The van der Waals surface area contributed by atoms with E-state index in [1.807, 2.05) is 18.2 Å². The van der Waals surface area contributed by atoms with E-state index in [2.05, 4.69) is 5.10 Å². The topological polar surface area (TPSA) is 75.8 Å². The van der Waals surface area contributed by atoms with Crippen molar-refractivity contribution in [2.45, 2.75) is 5.03 Å². The molecule has 0 N–H and O–H groups in total. The number of sulfone groups is 1. The molecule has 0 atom stereocenters. The molecule has 0 aliphatic rings. The SMILES string of the molecule is CS(=O)(=O)c1c(-c2ccccc2)c(C#N)nn1-c1ccccc1. The van der Waals surface area contributed by atoms with E-state index in [4.69, 9.17) is 0 Å². The van der Waals surface area contributed by atoms with E-state index < -0.39 is 9.84 Å². The summed E-state index contributed by atoms with van der Waals surface area (Å²) in [5.74, 6) is 0. The molecule has 0 aliphatic carbocycles. The van der Waals surface area contributed by atoms with Crippen LogP contribution in [-0.4, -0.2) is 24.5 Å². The van der Waals surface area contributed by atoms with Gasteiger partial charge in [-0.3, -0.25) is 0 Å². The van der Waals surface area contributed by atoms with Crippen molar-refractivity contribution in [2.75, 3.05) is 6.26 Å². The molecule has 0 spiro atoms. The zero-order valence-corrected chi connectivity index (χ0v) is 13.2. The average Bonchev–Trinajstić information content (AvgIpc) is 2.96. The van der Waals surface area contributed by atoms with Crippen molar-refractivity contribution in [1.29, 1.82) is 5.26 Å². The van der Waals surface area contributed by atoms with Crippen LogP contribution >= 0.6 is 0 Å². The largest absolute Gasteiger partial charge is 0.222 e. The summed E-state index contributed by atoms with van der Waals surface area (Å²) in [6.07, 6.45) is 1.12. The number of rotatable bonds is 3. The van der Waals surface area contributed by atoms with Crippen LogP contribution in [-0.2, 0) is 9.84 Å². The third kappa shape index (κ3) is 2.74. The minimum absolute atomic E-state index is 0.0199. The summed E-state index contributed by atoms with van der Waals surface area (Å²) in [5.41, 5.74) is 1.65. The number of hydrogen-bond donors (Lipinski definition) is 0. The fourth-order valence-electron chi connectivity index (χ4n) is 2.43. The van der Waals surface area contributed by atoms with E-state index in [0.717, 1.165) is 6.26 Å². The summed E-state index contributed by atoms with van der Waals surface area (Å²) in [6, 6.07) is 19.9. The molecule has 0 saturated heterocycles. The van der Waals surface area contributed by atoms with E-state index in [9.17, 15) is 13.7 Å². The van der Waals surface area contributed by atoms with Gasteiger partial charge in [-0.1, -0.05) is 48.5 Å². The maximum absolute atomic E-state index is 12.4. The molecule has 0 bridgehead atoms. The van der Waals surface area contributed by atoms with E-state index >= 15 is 0 Å². The number of aromatic nitrogens is 2. The van der Waals surface area contributed by atoms with Crippen molar-refractivity contribution in [3.05, 3.63) is 66.4 Å². The molecule has 0 aliphatic heterocycles. The van der Waals surface area contributed by atoms with Crippen molar-refractivity contribution in [3.63, 3.8) is 0 Å². The molecule has 3 rings (SSSR count). The van der Waals surface area contributed by atoms with Crippen LogP contribution in [0.25, 0.3) is 16.8 Å². The number of nitriles is 1. The fourth-order valence-corrected chi connectivity index (χ4v) is 3.48. The predicted molar refractivity (Wildman–Crippen MR) is 86.8 cm³/mol. The van der Waals surface area contributed by atoms with Gasteiger partial charge >= 0.3 is 0 Å². The molecule has 0 fully saturated rings. The van der Waals surface area contributed by atoms with E-state index in [0.29, 0.717) is 16.8 Å². The van der Waals surface area contributed by atoms with Crippen molar-refractivity contribution in [1.82, 2.24) is 9.78 Å². The first-order valence-electron chi connectivity index (χ1n) is 6.86. The summed E-state index contributed by atoms with van der Waals surface area (Å²) in [4.78, 5) is 0. The normalized spacial score (nSPS) is 11.1. The number of nitrogens with zero attached hydrogens (tertiary/aromatic N) is 3. The van der Waals surface area contributed by atoms with Crippen LogP contribution in [0.3, 0.4) is 0 Å². The summed E-state index contributed by atoms with van der Waals surface area (Å²) < 4.78 is 26.1. The Labute approximate surface area is 134 Å². The van der Waals surface area contributed by atoms with Gasteiger partial charge in [-0.05, 0) is 17.7 Å². The first-order chi connectivity index (χ1) is 11.0. The lowest BCUT2D eigenvalue weighted by atomic mass is 10.1. The predicted octanol–water partition coefficient (Wildman–Crippen LogP) is 2.81. The first-order valence-corrected chi connectivity index (χ1v) is 8.75. The molecule has 2 aromatic carbocycles. The minimum atomic E-state index is -3.60. The fraction of sp³-hybridized carbons (Fsp3) is 0.0588. The van der Waals surface area contributed by atoms with Gasteiger partial charge < -0.3 is 0 Å². The lowest BCUT2D eigenvalue weighted by Gasteiger charge is -2.08. The smallest absolute Gasteiger partial charge is 0.193 e. The van der Waals surface area contributed by atoms with Gasteiger partial charge in [0, 0.05) is 6.26 Å². The lowest BCUT2D eigenvalue weighted by molar-refractivity contribution is 0.592. The van der Waals surface area contributed by atoms with Crippen LogP contribution in [0.4, 0.5) is 0 Å². The molecule has 5 nitrogen and oxygen atoms in total. The third-order valence-corrected chi connectivity index (χ3v) is 4.44. The highest BCUT2D eigenvalue weighted by atomic mass is 32.2. The molecule has 114 valence electrons. The lowest BCUT2D eigenvalue weighted by Crippen LogP contribution is -2.08. The van der Waals surface area contributed by atoms with Gasteiger partial charge in [0.15, 0.2) is 20.6 Å². The molecular formula is C17H13N3O2S. The van der Waals surface area contributed by atoms with Crippen molar-refractivity contribution >= 4 is 9.84 Å². The molecule has 0 radical (unpaired) electrons. The molecule has 6 heteroatoms. The van der Waals surface area contributed by atoms with Gasteiger partial charge in [-0.25, -0.2) is 13.1 Å². The maximum atomic E-state index is 12.4. The zero-order valence-electron chi connectivity index (χ0n) is 12.3. The van der Waals surface area contributed by atoms with E-state index in [-0.39, 0.29) is 10.7 Å². The van der Waals surface area contributed by atoms with Crippen molar-refractivity contribution in [2.24, 2.45) is 0 Å². The number of para-hydroxylation sites is 1. The highest BCUT2D eigenvalue weighted by Gasteiger charge is 2.27. The van der Waals surface area contributed by atoms with Gasteiger partial charge in [0.05, 0.1) is 11.3 Å². The summed E-state index contributed by atoms with van der Waals surface area (Å²) in [7, 11) is -3.60. The van der Waals surface area contributed by atoms with Gasteiger partial charge in [-0.2, -0.15) is 10.4 Å². The standard InChI is InChI=1S/C17H13N3O2S/c1-23(21,22)17-16(13-8-4-2-5-9-13)15(12-18)19-20(17)14-10-6-3-7-11-14/h2-11H,1H3. The Bertz CT molecular complexity index is 986. The second-order valence-corrected chi connectivity index (χ2v) is 6.96.